The fraction of sp³-hybridized carbons (Fsp3) is 0.368. The van der Waals surface area contributed by atoms with Crippen molar-refractivity contribution in [3.63, 3.8) is 0 Å². The summed E-state index contributed by atoms with van der Waals surface area (Å²) in [6, 6.07) is 11.3. The number of amides is 1. The average molecular weight is 312 g/mol. The molecule has 0 saturated heterocycles. The molecule has 1 aromatic carbocycles. The molecule has 0 saturated carbocycles. The predicted molar refractivity (Wildman–Crippen MR) is 91.8 cm³/mol. The summed E-state index contributed by atoms with van der Waals surface area (Å²) in [5, 5.41) is 2.97. The number of benzene rings is 1. The van der Waals surface area contributed by atoms with Gasteiger partial charge in [0.25, 0.3) is 5.91 Å². The van der Waals surface area contributed by atoms with Gasteiger partial charge in [0, 0.05) is 5.56 Å². The summed E-state index contributed by atoms with van der Waals surface area (Å²) in [5.41, 5.74) is 2.73. The number of nitrogens with zero attached hydrogens (tertiary/aromatic N) is 1. The Balaban J connectivity index is 2.05. The Hall–Kier alpha value is -2.36. The normalized spacial score (nSPS) is 12.6. The van der Waals surface area contributed by atoms with Gasteiger partial charge in [-0.05, 0) is 42.2 Å². The minimum absolute atomic E-state index is 0.0787. The molecule has 0 aliphatic rings. The van der Waals surface area contributed by atoms with Gasteiger partial charge in [-0.2, -0.15) is 0 Å². The molecule has 4 heteroatoms. The van der Waals surface area contributed by atoms with Crippen molar-refractivity contribution in [1.29, 1.82) is 0 Å². The third kappa shape index (κ3) is 4.31. The number of pyridine rings is 1. The first-order valence-corrected chi connectivity index (χ1v) is 7.72. The maximum Gasteiger partial charge on any atom is 0.251 e. The van der Waals surface area contributed by atoms with Gasteiger partial charge in [-0.15, -0.1) is 0 Å². The quantitative estimate of drug-likeness (QED) is 0.932. The van der Waals surface area contributed by atoms with E-state index in [4.69, 9.17) is 4.74 Å². The molecule has 1 amide bonds. The van der Waals surface area contributed by atoms with E-state index < -0.39 is 0 Å². The largest absolute Gasteiger partial charge is 0.495 e. The molecule has 0 aliphatic carbocycles. The van der Waals surface area contributed by atoms with Crippen LogP contribution in [0.25, 0.3) is 0 Å². The summed E-state index contributed by atoms with van der Waals surface area (Å²) in [5.74, 6) is 0.598. The number of rotatable bonds is 4. The molecule has 1 aromatic heterocycles. The first kappa shape index (κ1) is 17.0. The van der Waals surface area contributed by atoms with Crippen LogP contribution in [0.1, 0.15) is 55.4 Å². The lowest BCUT2D eigenvalue weighted by Crippen LogP contribution is -2.27. The van der Waals surface area contributed by atoms with Gasteiger partial charge >= 0.3 is 0 Å². The van der Waals surface area contributed by atoms with Crippen LogP contribution in [-0.2, 0) is 5.41 Å². The third-order valence-electron chi connectivity index (χ3n) is 3.80. The highest BCUT2D eigenvalue weighted by atomic mass is 16.5. The molecule has 0 unspecified atom stereocenters. The molecule has 0 bridgehead atoms. The molecule has 2 rings (SSSR count). The summed E-state index contributed by atoms with van der Waals surface area (Å²) >= 11 is 0. The summed E-state index contributed by atoms with van der Waals surface area (Å²) in [6.07, 6.45) is 1.65. The van der Waals surface area contributed by atoms with Crippen LogP contribution in [0.5, 0.6) is 5.75 Å². The van der Waals surface area contributed by atoms with Crippen molar-refractivity contribution in [3.8, 4) is 5.75 Å². The maximum absolute atomic E-state index is 12.3. The van der Waals surface area contributed by atoms with Gasteiger partial charge in [-0.25, -0.2) is 0 Å². The topological polar surface area (TPSA) is 51.2 Å². The predicted octanol–water partition coefficient (Wildman–Crippen LogP) is 3.88. The summed E-state index contributed by atoms with van der Waals surface area (Å²) in [6.45, 7) is 8.37. The van der Waals surface area contributed by atoms with Gasteiger partial charge in [-0.1, -0.05) is 32.9 Å². The van der Waals surface area contributed by atoms with E-state index in [-0.39, 0.29) is 17.4 Å². The molecule has 1 atom stereocenters. The molecule has 2 aromatic rings. The van der Waals surface area contributed by atoms with Gasteiger partial charge in [-0.3, -0.25) is 9.78 Å². The molecular formula is C19H24N2O2. The SMILES string of the molecule is COc1ccc([C@@H](C)NC(=O)c2ccc(C(C)(C)C)cc2)nc1. The molecule has 1 N–H and O–H groups in total. The standard InChI is InChI=1S/C19H24N2O2/c1-13(17-11-10-16(23-5)12-20-17)21-18(22)14-6-8-15(9-7-14)19(2,3)4/h6-13H,1-5H3,(H,21,22)/t13-/m1/s1. The Kier molecular flexibility index (Phi) is 5.04. The lowest BCUT2D eigenvalue weighted by molar-refractivity contribution is 0.0939. The van der Waals surface area contributed by atoms with E-state index >= 15 is 0 Å². The molecule has 122 valence electrons. The van der Waals surface area contributed by atoms with Crippen LogP contribution in [0, 0.1) is 0 Å². The monoisotopic (exact) mass is 312 g/mol. The number of carbonyl (C=O) groups is 1. The Labute approximate surface area is 137 Å². The highest BCUT2D eigenvalue weighted by Gasteiger charge is 2.16. The van der Waals surface area contributed by atoms with Gasteiger partial charge in [0.05, 0.1) is 25.0 Å². The van der Waals surface area contributed by atoms with Gasteiger partial charge in [0.15, 0.2) is 0 Å². The van der Waals surface area contributed by atoms with E-state index in [2.05, 4.69) is 31.1 Å². The summed E-state index contributed by atoms with van der Waals surface area (Å²) in [4.78, 5) is 16.7. The lowest BCUT2D eigenvalue weighted by Gasteiger charge is -2.19. The van der Waals surface area contributed by atoms with Gasteiger partial charge in [0.1, 0.15) is 5.75 Å². The second-order valence-corrected chi connectivity index (χ2v) is 6.65. The van der Waals surface area contributed by atoms with Crippen molar-refractivity contribution < 1.29 is 9.53 Å². The summed E-state index contributed by atoms with van der Waals surface area (Å²) < 4.78 is 5.09. The Morgan fingerprint density at radius 2 is 1.78 bits per heavy atom. The summed E-state index contributed by atoms with van der Waals surface area (Å²) in [7, 11) is 1.60. The number of aromatic nitrogens is 1. The number of ether oxygens (including phenoxy) is 1. The molecular weight excluding hydrogens is 288 g/mol. The number of hydrogen-bond donors (Lipinski definition) is 1. The van der Waals surface area contributed by atoms with Crippen molar-refractivity contribution in [2.75, 3.05) is 7.11 Å². The molecule has 0 radical (unpaired) electrons. The number of nitrogens with one attached hydrogen (secondary N) is 1. The van der Waals surface area contributed by atoms with Crippen LogP contribution in [0.4, 0.5) is 0 Å². The lowest BCUT2D eigenvalue weighted by atomic mass is 9.86. The second-order valence-electron chi connectivity index (χ2n) is 6.65. The highest BCUT2D eigenvalue weighted by Crippen LogP contribution is 2.22. The molecule has 23 heavy (non-hydrogen) atoms. The van der Waals surface area contributed by atoms with Crippen LogP contribution in [0.2, 0.25) is 0 Å². The number of hydrogen-bond acceptors (Lipinski definition) is 3. The smallest absolute Gasteiger partial charge is 0.251 e. The maximum atomic E-state index is 12.3. The van der Waals surface area contributed by atoms with Crippen LogP contribution < -0.4 is 10.1 Å². The second kappa shape index (κ2) is 6.82. The van der Waals surface area contributed by atoms with E-state index in [9.17, 15) is 4.79 Å². The van der Waals surface area contributed by atoms with Crippen LogP contribution >= 0.6 is 0 Å². The highest BCUT2D eigenvalue weighted by molar-refractivity contribution is 5.94. The van der Waals surface area contributed by atoms with Gasteiger partial charge < -0.3 is 10.1 Å². The minimum Gasteiger partial charge on any atom is -0.495 e. The third-order valence-corrected chi connectivity index (χ3v) is 3.80. The van der Waals surface area contributed by atoms with E-state index in [1.807, 2.05) is 43.3 Å². The Morgan fingerprint density at radius 3 is 2.26 bits per heavy atom. The van der Waals surface area contributed by atoms with E-state index in [0.29, 0.717) is 11.3 Å². The first-order valence-electron chi connectivity index (χ1n) is 7.72. The van der Waals surface area contributed by atoms with Crippen molar-refractivity contribution in [3.05, 3.63) is 59.4 Å². The van der Waals surface area contributed by atoms with Crippen LogP contribution in [0.15, 0.2) is 42.6 Å². The van der Waals surface area contributed by atoms with Crippen molar-refractivity contribution in [2.24, 2.45) is 0 Å². The zero-order chi connectivity index (χ0) is 17.0. The average Bonchev–Trinajstić information content (AvgIpc) is 2.54. The minimum atomic E-state index is -0.171. The van der Waals surface area contributed by atoms with Crippen LogP contribution in [0.3, 0.4) is 0 Å². The van der Waals surface area contributed by atoms with E-state index in [1.54, 1.807) is 13.3 Å². The fourth-order valence-corrected chi connectivity index (χ4v) is 2.24. The number of methoxy groups -OCH3 is 1. The van der Waals surface area contributed by atoms with Crippen molar-refractivity contribution in [2.45, 2.75) is 39.2 Å². The molecule has 4 nitrogen and oxygen atoms in total. The van der Waals surface area contributed by atoms with Gasteiger partial charge in [0.2, 0.25) is 0 Å². The van der Waals surface area contributed by atoms with E-state index in [0.717, 1.165) is 5.69 Å². The zero-order valence-corrected chi connectivity index (χ0v) is 14.4. The Bertz CT molecular complexity index is 655. The van der Waals surface area contributed by atoms with Crippen molar-refractivity contribution in [1.82, 2.24) is 10.3 Å². The fourth-order valence-electron chi connectivity index (χ4n) is 2.24. The van der Waals surface area contributed by atoms with Crippen molar-refractivity contribution >= 4 is 5.91 Å². The zero-order valence-electron chi connectivity index (χ0n) is 14.4. The molecule has 0 fully saturated rings. The molecule has 0 aliphatic heterocycles. The molecule has 0 spiro atoms. The number of carbonyl (C=O) groups excluding carboxylic acids is 1. The Morgan fingerprint density at radius 1 is 1.13 bits per heavy atom. The van der Waals surface area contributed by atoms with E-state index in [1.165, 1.54) is 5.56 Å². The van der Waals surface area contributed by atoms with Crippen LogP contribution in [-0.4, -0.2) is 18.0 Å². The molecule has 1 heterocycles. The first-order chi connectivity index (χ1) is 10.8.